The molecule has 0 saturated carbocycles. The van der Waals surface area contributed by atoms with E-state index in [0.717, 1.165) is 11.8 Å². The average molecular weight is 512 g/mol. The standard InChI is InChI=1S/C14H11BrINO5S/c1-2-17-13(20)10(23-14(17)21)5-7-3-8(15)12(9(16)4-7)22-6-11(18)19/h3-5H,2,6H2,1H3,(H,18,19)/b10-5+. The largest absolute Gasteiger partial charge is 0.480 e. The summed E-state index contributed by atoms with van der Waals surface area (Å²) in [5.74, 6) is -0.948. The molecule has 0 radical (unpaired) electrons. The molecule has 23 heavy (non-hydrogen) atoms. The van der Waals surface area contributed by atoms with Gasteiger partial charge in [0.15, 0.2) is 6.61 Å². The minimum absolute atomic E-state index is 0.279. The van der Waals surface area contributed by atoms with Gasteiger partial charge in [0, 0.05) is 6.54 Å². The van der Waals surface area contributed by atoms with Gasteiger partial charge in [0.25, 0.3) is 11.1 Å². The first-order valence-corrected chi connectivity index (χ1v) is 9.11. The van der Waals surface area contributed by atoms with E-state index < -0.39 is 12.6 Å². The first kappa shape index (κ1) is 18.3. The number of aliphatic carboxylic acids is 1. The van der Waals surface area contributed by atoms with Gasteiger partial charge in [-0.3, -0.25) is 14.5 Å². The molecule has 0 spiro atoms. The summed E-state index contributed by atoms with van der Waals surface area (Å²) in [6.45, 7) is 1.64. The number of hydrogen-bond acceptors (Lipinski definition) is 5. The number of likely N-dealkylation sites (N-methyl/N-ethyl adjacent to an activating group) is 1. The van der Waals surface area contributed by atoms with E-state index in [9.17, 15) is 14.4 Å². The van der Waals surface area contributed by atoms with Crippen LogP contribution in [-0.4, -0.2) is 40.3 Å². The molecule has 0 unspecified atom stereocenters. The first-order valence-electron chi connectivity index (χ1n) is 6.42. The quantitative estimate of drug-likeness (QED) is 0.480. The summed E-state index contributed by atoms with van der Waals surface area (Å²) in [6.07, 6.45) is 1.63. The van der Waals surface area contributed by atoms with E-state index in [1.54, 1.807) is 25.1 Å². The molecule has 0 atom stereocenters. The summed E-state index contributed by atoms with van der Waals surface area (Å²) < 4.78 is 6.49. The lowest BCUT2D eigenvalue weighted by Crippen LogP contribution is -2.27. The zero-order chi connectivity index (χ0) is 17.1. The molecule has 0 bridgehead atoms. The number of carbonyl (C=O) groups excluding carboxylic acids is 2. The van der Waals surface area contributed by atoms with Crippen LogP contribution in [0.3, 0.4) is 0 Å². The number of carbonyl (C=O) groups is 3. The van der Waals surface area contributed by atoms with Crippen LogP contribution in [0.15, 0.2) is 21.5 Å². The normalized spacial score (nSPS) is 16.3. The number of halogens is 2. The molecule has 2 rings (SSSR count). The van der Waals surface area contributed by atoms with Crippen LogP contribution in [0, 0.1) is 3.57 Å². The van der Waals surface area contributed by atoms with Crippen LogP contribution in [0.1, 0.15) is 12.5 Å². The maximum absolute atomic E-state index is 12.1. The molecule has 0 aliphatic carbocycles. The summed E-state index contributed by atoms with van der Waals surface area (Å²) in [6, 6.07) is 3.46. The van der Waals surface area contributed by atoms with E-state index in [-0.39, 0.29) is 11.1 Å². The van der Waals surface area contributed by atoms with Crippen molar-refractivity contribution < 1.29 is 24.2 Å². The molecule has 1 fully saturated rings. The predicted octanol–water partition coefficient (Wildman–Crippen LogP) is 3.57. The van der Waals surface area contributed by atoms with Crippen molar-refractivity contribution in [3.8, 4) is 5.75 Å². The van der Waals surface area contributed by atoms with Gasteiger partial charge in [-0.05, 0) is 81.0 Å². The van der Waals surface area contributed by atoms with Crippen molar-refractivity contribution in [2.24, 2.45) is 0 Å². The van der Waals surface area contributed by atoms with Crippen molar-refractivity contribution in [2.75, 3.05) is 13.2 Å². The average Bonchev–Trinajstić information content (AvgIpc) is 2.71. The van der Waals surface area contributed by atoms with Crippen molar-refractivity contribution >= 4 is 73.5 Å². The number of imide groups is 1. The lowest BCUT2D eigenvalue weighted by molar-refractivity contribution is -0.139. The Morgan fingerprint density at radius 1 is 1.48 bits per heavy atom. The lowest BCUT2D eigenvalue weighted by atomic mass is 10.2. The lowest BCUT2D eigenvalue weighted by Gasteiger charge is -2.10. The smallest absolute Gasteiger partial charge is 0.341 e. The number of rotatable bonds is 5. The van der Waals surface area contributed by atoms with Crippen molar-refractivity contribution in [2.45, 2.75) is 6.92 Å². The second-order valence-electron chi connectivity index (χ2n) is 4.42. The van der Waals surface area contributed by atoms with Crippen LogP contribution in [0.2, 0.25) is 0 Å². The van der Waals surface area contributed by atoms with Gasteiger partial charge in [-0.2, -0.15) is 0 Å². The minimum Gasteiger partial charge on any atom is -0.480 e. The Bertz CT molecular complexity index is 698. The van der Waals surface area contributed by atoms with E-state index >= 15 is 0 Å². The molecule has 6 nitrogen and oxygen atoms in total. The molecule has 1 aromatic rings. The highest BCUT2D eigenvalue weighted by Gasteiger charge is 2.33. The Kier molecular flexibility index (Phi) is 6.09. The van der Waals surface area contributed by atoms with Crippen LogP contribution < -0.4 is 4.74 Å². The number of hydrogen-bond donors (Lipinski definition) is 1. The minimum atomic E-state index is -1.06. The topological polar surface area (TPSA) is 83.9 Å². The molecule has 1 heterocycles. The van der Waals surface area contributed by atoms with Gasteiger partial charge in [0.1, 0.15) is 5.75 Å². The predicted molar refractivity (Wildman–Crippen MR) is 98.3 cm³/mol. The number of thioether (sulfide) groups is 1. The Morgan fingerprint density at radius 3 is 2.70 bits per heavy atom. The van der Waals surface area contributed by atoms with Crippen molar-refractivity contribution in [3.05, 3.63) is 30.6 Å². The highest BCUT2D eigenvalue weighted by molar-refractivity contribution is 14.1. The number of ether oxygens (including phenoxy) is 1. The number of nitrogens with zero attached hydrogens (tertiary/aromatic N) is 1. The van der Waals surface area contributed by atoms with Crippen LogP contribution in [0.25, 0.3) is 6.08 Å². The second kappa shape index (κ2) is 7.67. The fraction of sp³-hybridized carbons (Fsp3) is 0.214. The van der Waals surface area contributed by atoms with Crippen LogP contribution in [-0.2, 0) is 9.59 Å². The maximum atomic E-state index is 12.1. The summed E-state index contributed by atoms with van der Waals surface area (Å²) >= 11 is 6.25. The van der Waals surface area contributed by atoms with E-state index in [0.29, 0.717) is 30.8 Å². The number of benzene rings is 1. The number of amides is 2. The summed E-state index contributed by atoms with van der Waals surface area (Å²) in [5, 5.41) is 8.40. The fourth-order valence-corrected chi connectivity index (χ4v) is 4.53. The molecule has 9 heteroatoms. The summed E-state index contributed by atoms with van der Waals surface area (Å²) in [7, 11) is 0. The van der Waals surface area contributed by atoms with Gasteiger partial charge >= 0.3 is 5.97 Å². The highest BCUT2D eigenvalue weighted by atomic mass is 127. The molecular weight excluding hydrogens is 501 g/mol. The highest BCUT2D eigenvalue weighted by Crippen LogP contribution is 2.35. The van der Waals surface area contributed by atoms with E-state index in [4.69, 9.17) is 9.84 Å². The van der Waals surface area contributed by atoms with Crippen LogP contribution in [0.4, 0.5) is 4.79 Å². The van der Waals surface area contributed by atoms with Gasteiger partial charge in [-0.1, -0.05) is 0 Å². The van der Waals surface area contributed by atoms with Gasteiger partial charge in [-0.25, -0.2) is 4.79 Å². The molecule has 1 aliphatic heterocycles. The van der Waals surface area contributed by atoms with Crippen molar-refractivity contribution in [1.29, 1.82) is 0 Å². The van der Waals surface area contributed by atoms with Crippen LogP contribution in [0.5, 0.6) is 5.75 Å². The van der Waals surface area contributed by atoms with Crippen molar-refractivity contribution in [3.63, 3.8) is 0 Å². The van der Waals surface area contributed by atoms with Gasteiger partial charge in [-0.15, -0.1) is 0 Å². The Balaban J connectivity index is 2.28. The molecular formula is C14H11BrINO5S. The third-order valence-electron chi connectivity index (χ3n) is 2.85. The molecule has 0 aromatic heterocycles. The van der Waals surface area contributed by atoms with Gasteiger partial charge in [0.2, 0.25) is 0 Å². The Hall–Kier alpha value is -1.07. The maximum Gasteiger partial charge on any atom is 0.341 e. The Labute approximate surface area is 158 Å². The molecule has 1 aromatic carbocycles. The number of carboxylic acid groups (broad SMARTS) is 1. The number of carboxylic acids is 1. The SMILES string of the molecule is CCN1C(=O)S/C(=C/c2cc(Br)c(OCC(=O)O)c(I)c2)C1=O. The molecule has 1 saturated heterocycles. The summed E-state index contributed by atoms with van der Waals surface area (Å²) in [5.41, 5.74) is 0.713. The van der Waals surface area contributed by atoms with Gasteiger partial charge in [0.05, 0.1) is 12.9 Å². The second-order valence-corrected chi connectivity index (χ2v) is 7.43. The molecule has 2 amide bonds. The molecule has 1 aliphatic rings. The zero-order valence-corrected chi connectivity index (χ0v) is 16.4. The van der Waals surface area contributed by atoms with E-state index in [2.05, 4.69) is 15.9 Å². The first-order chi connectivity index (χ1) is 10.8. The van der Waals surface area contributed by atoms with Gasteiger partial charge < -0.3 is 9.84 Å². The summed E-state index contributed by atoms with van der Waals surface area (Å²) in [4.78, 5) is 35.9. The third kappa shape index (κ3) is 4.27. The fourth-order valence-electron chi connectivity index (χ4n) is 1.86. The monoisotopic (exact) mass is 511 g/mol. The van der Waals surface area contributed by atoms with Crippen molar-refractivity contribution in [1.82, 2.24) is 4.90 Å². The van der Waals surface area contributed by atoms with E-state index in [1.165, 1.54) is 4.90 Å². The molecule has 122 valence electrons. The van der Waals surface area contributed by atoms with Crippen LogP contribution >= 0.6 is 50.3 Å². The Morgan fingerprint density at radius 2 is 2.17 bits per heavy atom. The molecule has 1 N–H and O–H groups in total. The van der Waals surface area contributed by atoms with E-state index in [1.807, 2.05) is 22.6 Å². The third-order valence-corrected chi connectivity index (χ3v) is 5.15. The zero-order valence-electron chi connectivity index (χ0n) is 11.8.